The molecule has 2 aliphatic carbocycles. The maximum Gasteiger partial charge on any atom is 0.198 e. The summed E-state index contributed by atoms with van der Waals surface area (Å²) in [6, 6.07) is 5.40. The van der Waals surface area contributed by atoms with Crippen LogP contribution in [-0.2, 0) is 10.3 Å². The minimum atomic E-state index is -1.59. The molecule has 2 heterocycles. The van der Waals surface area contributed by atoms with E-state index in [9.17, 15) is 24.9 Å². The molecule has 2 aliphatic heterocycles. The van der Waals surface area contributed by atoms with Crippen LogP contribution in [0.4, 0.5) is 11.4 Å². The minimum absolute atomic E-state index is 0.0253. The van der Waals surface area contributed by atoms with E-state index in [0.29, 0.717) is 5.69 Å². The van der Waals surface area contributed by atoms with Gasteiger partial charge in [0.1, 0.15) is 11.8 Å². The number of ether oxygens (including phenoxy) is 1. The predicted molar refractivity (Wildman–Crippen MR) is 140 cm³/mol. The highest BCUT2D eigenvalue weighted by Gasteiger charge is 2.82. The first kappa shape index (κ1) is 24.3. The van der Waals surface area contributed by atoms with Crippen molar-refractivity contribution in [2.75, 3.05) is 10.6 Å². The Hall–Kier alpha value is -4.08. The molecule has 192 valence electrons. The molecule has 2 bridgehead atoms. The number of nitrogens with one attached hydrogen (secondary N) is 2. The van der Waals surface area contributed by atoms with Gasteiger partial charge in [0.05, 0.1) is 22.9 Å². The lowest BCUT2D eigenvalue weighted by molar-refractivity contribution is 0.0867. The normalized spacial score (nSPS) is 29.4. The summed E-state index contributed by atoms with van der Waals surface area (Å²) in [6.07, 6.45) is 0.484. The number of aliphatic hydroxyl groups excluding tert-OH is 2. The maximum absolute atomic E-state index is 13.9. The van der Waals surface area contributed by atoms with Crippen LogP contribution in [0, 0.1) is 23.7 Å². The second-order valence-corrected chi connectivity index (χ2v) is 11.1. The van der Waals surface area contributed by atoms with Crippen molar-refractivity contribution in [3.8, 4) is 29.4 Å². The van der Waals surface area contributed by atoms with Crippen molar-refractivity contribution >= 4 is 22.9 Å². The Labute approximate surface area is 219 Å². The highest BCUT2D eigenvalue weighted by atomic mass is 16.7. The largest absolute Gasteiger partial charge is 0.507 e. The quantitative estimate of drug-likeness (QED) is 0.202. The number of hydrogen-bond acceptors (Lipinski definition) is 8. The third-order valence-corrected chi connectivity index (χ3v) is 7.48. The molecule has 8 nitrogen and oxygen atoms in total. The van der Waals surface area contributed by atoms with Crippen molar-refractivity contribution in [3.63, 3.8) is 0 Å². The SMILES string of the molecule is C[C@@H](O)[C@@]12O[C@]13c1cc(O)c4c(c1N[C@H]2C#C/C=C\C#C[C@H]3O)C(=O)c1ccc(NC(C)(C)C)cc1C4=O. The topological polar surface area (TPSA) is 131 Å². The number of phenols is 1. The van der Waals surface area contributed by atoms with Crippen molar-refractivity contribution < 1.29 is 29.6 Å². The van der Waals surface area contributed by atoms with Crippen LogP contribution >= 0.6 is 0 Å². The van der Waals surface area contributed by atoms with Gasteiger partial charge in [-0.05, 0) is 64.1 Å². The van der Waals surface area contributed by atoms with Crippen LogP contribution in [0.3, 0.4) is 0 Å². The standard InChI is InChI=1S/C30H26N2O6/c1-15(33)29-21-9-7-5-6-8-10-22(35)30(29,38-29)19-14-20(34)23-24(25(19)31-21)26(36)17-12-11-16(32-28(2,3)4)13-18(17)27(23)37/h5-6,11-15,21-22,31-35H,1-4H3/b6-5-/t15-,21+,22-,29+,30+/m1/s1. The van der Waals surface area contributed by atoms with Crippen molar-refractivity contribution in [2.24, 2.45) is 0 Å². The average molecular weight is 511 g/mol. The van der Waals surface area contributed by atoms with Gasteiger partial charge in [-0.2, -0.15) is 0 Å². The van der Waals surface area contributed by atoms with Crippen LogP contribution in [0.1, 0.15) is 65.1 Å². The number of carbonyl (C=O) groups excluding carboxylic acids is 2. The number of ketones is 2. The minimum Gasteiger partial charge on any atom is -0.507 e. The van der Waals surface area contributed by atoms with Gasteiger partial charge >= 0.3 is 0 Å². The van der Waals surface area contributed by atoms with Crippen LogP contribution in [0.5, 0.6) is 5.75 Å². The predicted octanol–water partition coefficient (Wildman–Crippen LogP) is 2.45. The van der Waals surface area contributed by atoms with Crippen LogP contribution in [-0.4, -0.2) is 56.3 Å². The first-order valence-corrected chi connectivity index (χ1v) is 12.3. The summed E-state index contributed by atoms with van der Waals surface area (Å²) >= 11 is 0. The van der Waals surface area contributed by atoms with Gasteiger partial charge in [-0.3, -0.25) is 9.59 Å². The van der Waals surface area contributed by atoms with E-state index in [1.807, 2.05) is 20.8 Å². The lowest BCUT2D eigenvalue weighted by Crippen LogP contribution is -2.54. The fourth-order valence-electron chi connectivity index (χ4n) is 5.95. The lowest BCUT2D eigenvalue weighted by Gasteiger charge is -2.37. The molecule has 0 unspecified atom stereocenters. The number of aromatic hydroxyl groups is 1. The number of allylic oxidation sites excluding steroid dienone is 2. The lowest BCUT2D eigenvalue weighted by atomic mass is 9.69. The number of epoxide rings is 1. The molecule has 8 heteroatoms. The number of carbonyl (C=O) groups is 2. The molecule has 6 rings (SSSR count). The van der Waals surface area contributed by atoms with E-state index in [2.05, 4.69) is 34.3 Å². The third kappa shape index (κ3) is 3.06. The van der Waals surface area contributed by atoms with Crippen molar-refractivity contribution in [3.05, 3.63) is 64.2 Å². The summed E-state index contributed by atoms with van der Waals surface area (Å²) in [5.41, 5.74) is -1.93. The van der Waals surface area contributed by atoms with Crippen LogP contribution < -0.4 is 10.6 Å². The average Bonchev–Trinajstić information content (AvgIpc) is 3.57. The van der Waals surface area contributed by atoms with Crippen molar-refractivity contribution in [1.29, 1.82) is 0 Å². The summed E-state index contributed by atoms with van der Waals surface area (Å²) in [5.74, 6) is 9.92. The van der Waals surface area contributed by atoms with Crippen LogP contribution in [0.2, 0.25) is 0 Å². The molecule has 5 atom stereocenters. The Kier molecular flexibility index (Phi) is 4.93. The number of aliphatic hydroxyl groups is 2. The fourth-order valence-corrected chi connectivity index (χ4v) is 5.95. The van der Waals surface area contributed by atoms with E-state index in [4.69, 9.17) is 4.74 Å². The fraction of sp³-hybridized carbons (Fsp3) is 0.333. The van der Waals surface area contributed by atoms with Gasteiger partial charge in [-0.15, -0.1) is 0 Å². The molecule has 5 N–H and O–H groups in total. The highest BCUT2D eigenvalue weighted by Crippen LogP contribution is 2.67. The Morgan fingerprint density at radius 3 is 2.42 bits per heavy atom. The molecule has 38 heavy (non-hydrogen) atoms. The van der Waals surface area contributed by atoms with E-state index in [-0.39, 0.29) is 39.0 Å². The molecular weight excluding hydrogens is 484 g/mol. The second-order valence-electron chi connectivity index (χ2n) is 11.1. The summed E-state index contributed by atoms with van der Waals surface area (Å²) < 4.78 is 6.18. The highest BCUT2D eigenvalue weighted by molar-refractivity contribution is 6.31. The summed E-state index contributed by atoms with van der Waals surface area (Å²) in [7, 11) is 0. The Morgan fingerprint density at radius 2 is 1.74 bits per heavy atom. The van der Waals surface area contributed by atoms with Gasteiger partial charge in [-0.25, -0.2) is 0 Å². The molecule has 0 aromatic heterocycles. The second kappa shape index (κ2) is 7.72. The van der Waals surface area contributed by atoms with Gasteiger partial charge in [-0.1, -0.05) is 23.7 Å². The molecule has 1 saturated heterocycles. The summed E-state index contributed by atoms with van der Waals surface area (Å²) in [5, 5.41) is 39.7. The van der Waals surface area contributed by atoms with E-state index in [1.165, 1.54) is 25.1 Å². The number of phenolic OH excluding ortho intramolecular Hbond substituents is 1. The van der Waals surface area contributed by atoms with E-state index >= 15 is 0 Å². The number of fused-ring (bicyclic) bond motifs is 4. The van der Waals surface area contributed by atoms with E-state index in [1.54, 1.807) is 18.2 Å². The third-order valence-electron chi connectivity index (χ3n) is 7.48. The molecule has 4 aliphatic rings. The van der Waals surface area contributed by atoms with E-state index < -0.39 is 46.8 Å². The Bertz CT molecular complexity index is 1610. The molecule has 2 aromatic rings. The molecule has 2 aromatic carbocycles. The number of rotatable bonds is 2. The van der Waals surface area contributed by atoms with Gasteiger partial charge in [0, 0.05) is 27.9 Å². The van der Waals surface area contributed by atoms with Gasteiger partial charge < -0.3 is 30.7 Å². The van der Waals surface area contributed by atoms with E-state index in [0.717, 1.165) is 0 Å². The number of benzene rings is 2. The van der Waals surface area contributed by atoms with Gasteiger partial charge in [0.2, 0.25) is 0 Å². The molecule has 0 spiro atoms. The van der Waals surface area contributed by atoms with Crippen LogP contribution in [0.25, 0.3) is 0 Å². The Balaban J connectivity index is 1.59. The van der Waals surface area contributed by atoms with Crippen molar-refractivity contribution in [2.45, 2.75) is 62.7 Å². The summed E-state index contributed by atoms with van der Waals surface area (Å²) in [4.78, 5) is 27.7. The summed E-state index contributed by atoms with van der Waals surface area (Å²) in [6.45, 7) is 7.47. The molecule has 0 amide bonds. The van der Waals surface area contributed by atoms with Gasteiger partial charge in [0.15, 0.2) is 28.9 Å². The molecular formula is C30H26N2O6. The maximum atomic E-state index is 13.9. The van der Waals surface area contributed by atoms with Crippen LogP contribution in [0.15, 0.2) is 36.4 Å². The Morgan fingerprint density at radius 1 is 1.05 bits per heavy atom. The van der Waals surface area contributed by atoms with Crippen molar-refractivity contribution in [1.82, 2.24) is 0 Å². The molecule has 0 saturated carbocycles. The zero-order valence-corrected chi connectivity index (χ0v) is 21.3. The number of anilines is 2. The first-order chi connectivity index (χ1) is 17.9. The monoisotopic (exact) mass is 510 g/mol. The number of hydrogen-bond donors (Lipinski definition) is 5. The molecule has 0 radical (unpaired) electrons. The van der Waals surface area contributed by atoms with Gasteiger partial charge in [0.25, 0.3) is 0 Å². The zero-order valence-electron chi connectivity index (χ0n) is 21.3. The first-order valence-electron chi connectivity index (χ1n) is 12.3. The smallest absolute Gasteiger partial charge is 0.198 e. The zero-order chi connectivity index (χ0) is 27.2. The molecule has 1 fully saturated rings.